The van der Waals surface area contributed by atoms with Gasteiger partial charge in [0, 0.05) is 19.1 Å². The highest BCUT2D eigenvalue weighted by atomic mass is 32.2. The van der Waals surface area contributed by atoms with E-state index in [1.165, 1.54) is 12.1 Å². The number of ether oxygens (including phenoxy) is 1. The Morgan fingerprint density at radius 2 is 1.96 bits per heavy atom. The molecule has 9 heteroatoms. The average Bonchev–Trinajstić information content (AvgIpc) is 2.54. The van der Waals surface area contributed by atoms with E-state index in [1.807, 2.05) is 20.8 Å². The minimum absolute atomic E-state index is 0.0244. The summed E-state index contributed by atoms with van der Waals surface area (Å²) in [4.78, 5) is 13.4. The zero-order chi connectivity index (χ0) is 19.4. The molecule has 0 spiro atoms. The van der Waals surface area contributed by atoms with Crippen LogP contribution >= 0.6 is 0 Å². The molecule has 0 saturated carbocycles. The van der Waals surface area contributed by atoms with Crippen LogP contribution in [-0.2, 0) is 19.0 Å². The lowest BCUT2D eigenvalue weighted by Crippen LogP contribution is -2.47. The molecule has 0 bridgehead atoms. The standard InChI is InChI=1S/C17H25FN2O5S/c1-17(2,3)25-16(21)20-9-7-14(8-10-20)19-12-24-26(22,23)15-6-4-5-13(18)11-15/h4-6,11,14,19H,7-10,12H2,1-3H3. The number of halogens is 1. The molecule has 0 aliphatic carbocycles. The van der Waals surface area contributed by atoms with Gasteiger partial charge in [0.1, 0.15) is 18.1 Å². The normalized spacial score (nSPS) is 16.5. The number of benzene rings is 1. The summed E-state index contributed by atoms with van der Waals surface area (Å²) in [6, 6.07) is 4.68. The first-order valence-electron chi connectivity index (χ1n) is 8.43. The van der Waals surface area contributed by atoms with Gasteiger partial charge in [-0.15, -0.1) is 0 Å². The van der Waals surface area contributed by atoms with Gasteiger partial charge in [-0.3, -0.25) is 9.50 Å². The SMILES string of the molecule is CC(C)(C)OC(=O)N1CCC(NCOS(=O)(=O)c2cccc(F)c2)CC1. The summed E-state index contributed by atoms with van der Waals surface area (Å²) >= 11 is 0. The summed E-state index contributed by atoms with van der Waals surface area (Å²) in [5.41, 5.74) is -0.536. The Morgan fingerprint density at radius 3 is 2.54 bits per heavy atom. The van der Waals surface area contributed by atoms with Crippen molar-refractivity contribution in [1.29, 1.82) is 0 Å². The Morgan fingerprint density at radius 1 is 1.31 bits per heavy atom. The van der Waals surface area contributed by atoms with Crippen molar-refractivity contribution < 1.29 is 26.5 Å². The van der Waals surface area contributed by atoms with Gasteiger partial charge in [0.05, 0.1) is 4.90 Å². The van der Waals surface area contributed by atoms with Gasteiger partial charge in [0.15, 0.2) is 0 Å². The number of nitrogens with zero attached hydrogens (tertiary/aromatic N) is 1. The van der Waals surface area contributed by atoms with Crippen LogP contribution in [0.4, 0.5) is 9.18 Å². The van der Waals surface area contributed by atoms with E-state index in [-0.39, 0.29) is 23.8 Å². The van der Waals surface area contributed by atoms with E-state index in [0.717, 1.165) is 12.1 Å². The quantitative estimate of drug-likeness (QED) is 0.616. The van der Waals surface area contributed by atoms with E-state index < -0.39 is 21.5 Å². The van der Waals surface area contributed by atoms with Crippen LogP contribution in [0, 0.1) is 5.82 Å². The van der Waals surface area contributed by atoms with Gasteiger partial charge in [0.2, 0.25) is 0 Å². The maximum Gasteiger partial charge on any atom is 0.410 e. The summed E-state index contributed by atoms with van der Waals surface area (Å²) in [6.07, 6.45) is 0.964. The van der Waals surface area contributed by atoms with E-state index in [1.54, 1.807) is 4.90 Å². The first-order valence-corrected chi connectivity index (χ1v) is 9.84. The molecule has 1 heterocycles. The van der Waals surface area contributed by atoms with Crippen LogP contribution in [0.2, 0.25) is 0 Å². The maximum atomic E-state index is 13.1. The zero-order valence-corrected chi connectivity index (χ0v) is 16.0. The smallest absolute Gasteiger partial charge is 0.410 e. The second kappa shape index (κ2) is 8.32. The van der Waals surface area contributed by atoms with E-state index in [9.17, 15) is 17.6 Å². The van der Waals surface area contributed by atoms with Gasteiger partial charge in [-0.1, -0.05) is 6.07 Å². The number of rotatable bonds is 5. The van der Waals surface area contributed by atoms with Crippen molar-refractivity contribution in [3.05, 3.63) is 30.1 Å². The third-order valence-corrected chi connectivity index (χ3v) is 5.08. The van der Waals surface area contributed by atoms with E-state index in [2.05, 4.69) is 5.32 Å². The van der Waals surface area contributed by atoms with Gasteiger partial charge in [-0.2, -0.15) is 8.42 Å². The molecule has 0 aromatic heterocycles. The molecule has 0 radical (unpaired) electrons. The lowest BCUT2D eigenvalue weighted by Gasteiger charge is -2.33. The summed E-state index contributed by atoms with van der Waals surface area (Å²) in [5.74, 6) is -0.642. The molecular formula is C17H25FN2O5S. The predicted octanol–water partition coefficient (Wildman–Crippen LogP) is 2.48. The van der Waals surface area contributed by atoms with Crippen LogP contribution in [0.1, 0.15) is 33.6 Å². The largest absolute Gasteiger partial charge is 0.444 e. The molecule has 1 aromatic carbocycles. The van der Waals surface area contributed by atoms with Crippen LogP contribution in [-0.4, -0.2) is 50.9 Å². The molecule has 2 rings (SSSR count). The van der Waals surface area contributed by atoms with Crippen molar-refractivity contribution in [1.82, 2.24) is 10.2 Å². The number of carbonyl (C=O) groups is 1. The minimum Gasteiger partial charge on any atom is -0.444 e. The van der Waals surface area contributed by atoms with E-state index >= 15 is 0 Å². The fourth-order valence-electron chi connectivity index (χ4n) is 2.51. The monoisotopic (exact) mass is 388 g/mol. The van der Waals surface area contributed by atoms with Crippen LogP contribution in [0.15, 0.2) is 29.2 Å². The van der Waals surface area contributed by atoms with Crippen molar-refractivity contribution in [2.45, 2.75) is 50.2 Å². The lowest BCUT2D eigenvalue weighted by molar-refractivity contribution is 0.0194. The Kier molecular flexibility index (Phi) is 6.59. The minimum atomic E-state index is -4.02. The third-order valence-electron chi connectivity index (χ3n) is 3.82. The first-order chi connectivity index (χ1) is 12.1. The van der Waals surface area contributed by atoms with E-state index in [0.29, 0.717) is 25.9 Å². The molecule has 1 aliphatic heterocycles. The molecule has 0 unspecified atom stereocenters. The topological polar surface area (TPSA) is 84.9 Å². The van der Waals surface area contributed by atoms with Gasteiger partial charge in [0.25, 0.3) is 10.1 Å². The van der Waals surface area contributed by atoms with Crippen LogP contribution in [0.5, 0.6) is 0 Å². The van der Waals surface area contributed by atoms with Gasteiger partial charge in [-0.05, 0) is 51.8 Å². The average molecular weight is 388 g/mol. The molecule has 1 amide bonds. The fourth-order valence-corrected chi connectivity index (χ4v) is 3.37. The highest BCUT2D eigenvalue weighted by Crippen LogP contribution is 2.16. The predicted molar refractivity (Wildman–Crippen MR) is 93.5 cm³/mol. The molecule has 1 fully saturated rings. The number of hydrogen-bond donors (Lipinski definition) is 1. The fraction of sp³-hybridized carbons (Fsp3) is 0.588. The Hall–Kier alpha value is -1.71. The first kappa shape index (κ1) is 20.6. The van der Waals surface area contributed by atoms with Gasteiger partial charge < -0.3 is 9.64 Å². The maximum absolute atomic E-state index is 13.1. The summed E-state index contributed by atoms with van der Waals surface area (Å²) in [5, 5.41) is 3.00. The molecule has 1 saturated heterocycles. The Balaban J connectivity index is 1.76. The highest BCUT2D eigenvalue weighted by Gasteiger charge is 2.27. The molecule has 146 valence electrons. The number of carbonyl (C=O) groups excluding carboxylic acids is 1. The summed E-state index contributed by atoms with van der Waals surface area (Å²) < 4.78 is 47.4. The van der Waals surface area contributed by atoms with Crippen molar-refractivity contribution >= 4 is 16.2 Å². The molecule has 0 atom stereocenters. The van der Waals surface area contributed by atoms with Gasteiger partial charge in [-0.25, -0.2) is 9.18 Å². The second-order valence-electron chi connectivity index (χ2n) is 7.12. The Labute approximate surface area is 153 Å². The van der Waals surface area contributed by atoms with Crippen molar-refractivity contribution in [3.63, 3.8) is 0 Å². The molecular weight excluding hydrogens is 363 g/mol. The summed E-state index contributed by atoms with van der Waals surface area (Å²) in [7, 11) is -4.02. The molecule has 1 aliphatic rings. The number of nitrogens with one attached hydrogen (secondary N) is 1. The zero-order valence-electron chi connectivity index (χ0n) is 15.2. The van der Waals surface area contributed by atoms with Crippen LogP contribution in [0.3, 0.4) is 0 Å². The highest BCUT2D eigenvalue weighted by molar-refractivity contribution is 7.86. The molecule has 1 N–H and O–H groups in total. The van der Waals surface area contributed by atoms with Crippen molar-refractivity contribution in [3.8, 4) is 0 Å². The summed E-state index contributed by atoms with van der Waals surface area (Å²) in [6.45, 7) is 6.27. The third kappa shape index (κ3) is 6.22. The second-order valence-corrected chi connectivity index (χ2v) is 8.73. The molecule has 1 aromatic rings. The van der Waals surface area contributed by atoms with Crippen molar-refractivity contribution in [2.24, 2.45) is 0 Å². The number of likely N-dealkylation sites (tertiary alicyclic amines) is 1. The molecule has 7 nitrogen and oxygen atoms in total. The van der Waals surface area contributed by atoms with Crippen LogP contribution in [0.25, 0.3) is 0 Å². The number of amides is 1. The number of piperidine rings is 1. The van der Waals surface area contributed by atoms with Gasteiger partial charge >= 0.3 is 6.09 Å². The Bertz CT molecular complexity index is 725. The van der Waals surface area contributed by atoms with Crippen LogP contribution < -0.4 is 5.32 Å². The molecule has 26 heavy (non-hydrogen) atoms. The van der Waals surface area contributed by atoms with Crippen molar-refractivity contribution in [2.75, 3.05) is 19.8 Å². The van der Waals surface area contributed by atoms with E-state index in [4.69, 9.17) is 8.92 Å². The number of hydrogen-bond acceptors (Lipinski definition) is 6. The lowest BCUT2D eigenvalue weighted by atomic mass is 10.1.